The lowest BCUT2D eigenvalue weighted by molar-refractivity contribution is -0.121. The number of amides is 1. The molecule has 0 aromatic carbocycles. The Balaban J connectivity index is 3.48. The normalized spacial score (nSPS) is 12.5. The van der Waals surface area contributed by atoms with Crippen LogP contribution in [0.1, 0.15) is 32.6 Å². The second-order valence-corrected chi connectivity index (χ2v) is 3.85. The molecule has 0 rings (SSSR count). The second kappa shape index (κ2) is 8.75. The van der Waals surface area contributed by atoms with Crippen molar-refractivity contribution in [3.05, 3.63) is 0 Å². The van der Waals surface area contributed by atoms with Gasteiger partial charge >= 0.3 is 0 Å². The fourth-order valence-electron chi connectivity index (χ4n) is 0.974. The van der Waals surface area contributed by atoms with Crippen LogP contribution in [0.3, 0.4) is 0 Å². The van der Waals surface area contributed by atoms with Gasteiger partial charge in [-0.25, -0.2) is 0 Å². The summed E-state index contributed by atoms with van der Waals surface area (Å²) in [6.45, 7) is 2.05. The third-order valence-corrected chi connectivity index (χ3v) is 2.65. The zero-order valence-electron chi connectivity index (χ0n) is 8.12. The number of hydrogen-bond acceptors (Lipinski definition) is 3. The van der Waals surface area contributed by atoms with E-state index in [4.69, 9.17) is 0 Å². The van der Waals surface area contributed by atoms with Crippen molar-refractivity contribution in [3.8, 4) is 0 Å². The number of rotatable bonds is 7. The van der Waals surface area contributed by atoms with E-state index in [0.29, 0.717) is 6.42 Å². The van der Waals surface area contributed by atoms with E-state index in [1.54, 1.807) is 0 Å². The predicted molar refractivity (Wildman–Crippen MR) is 63.8 cm³/mol. The lowest BCUT2D eigenvalue weighted by Gasteiger charge is -2.13. The van der Waals surface area contributed by atoms with Gasteiger partial charge in [-0.3, -0.25) is 4.79 Å². The maximum Gasteiger partial charge on any atom is 0.220 e. The monoisotopic (exact) mass is 221 g/mol. The van der Waals surface area contributed by atoms with Gasteiger partial charge in [0.15, 0.2) is 0 Å². The predicted octanol–water partition coefficient (Wildman–Crippen LogP) is 1.91. The van der Waals surface area contributed by atoms with Crippen LogP contribution in [-0.4, -0.2) is 23.5 Å². The van der Waals surface area contributed by atoms with Crippen LogP contribution in [0, 0.1) is 0 Å². The Bertz CT molecular complexity index is 138. The van der Waals surface area contributed by atoms with Crippen molar-refractivity contribution in [2.45, 2.75) is 38.6 Å². The van der Waals surface area contributed by atoms with Crippen LogP contribution in [0.25, 0.3) is 0 Å². The van der Waals surface area contributed by atoms with Crippen molar-refractivity contribution in [2.24, 2.45) is 0 Å². The third-order valence-electron chi connectivity index (χ3n) is 1.89. The number of carbonyl (C=O) groups excluding carboxylic acids is 1. The van der Waals surface area contributed by atoms with Crippen LogP contribution in [0.4, 0.5) is 0 Å². The second-order valence-electron chi connectivity index (χ2n) is 3.04. The highest BCUT2D eigenvalue weighted by Gasteiger charge is 2.07. The Hall–Kier alpha value is 0.170. The largest absolute Gasteiger partial charge is 0.353 e. The Morgan fingerprint density at radius 1 is 1.38 bits per heavy atom. The molecule has 1 N–H and O–H groups in total. The summed E-state index contributed by atoms with van der Waals surface area (Å²) in [4.78, 5) is 11.3. The molecule has 0 aliphatic carbocycles. The lowest BCUT2D eigenvalue weighted by Crippen LogP contribution is -2.35. The molecule has 0 saturated carbocycles. The van der Waals surface area contributed by atoms with Crippen LogP contribution in [0.5, 0.6) is 0 Å². The molecule has 2 nitrogen and oxygen atoms in total. The van der Waals surface area contributed by atoms with Crippen LogP contribution >= 0.6 is 25.3 Å². The summed E-state index contributed by atoms with van der Waals surface area (Å²) < 4.78 is 0. The Labute approximate surface area is 91.7 Å². The molecule has 0 radical (unpaired) electrons. The van der Waals surface area contributed by atoms with Crippen molar-refractivity contribution in [1.29, 1.82) is 0 Å². The van der Waals surface area contributed by atoms with Gasteiger partial charge in [-0.2, -0.15) is 25.3 Å². The first kappa shape index (κ1) is 13.2. The lowest BCUT2D eigenvalue weighted by atomic mass is 10.2. The minimum absolute atomic E-state index is 0.141. The van der Waals surface area contributed by atoms with Gasteiger partial charge in [-0.05, 0) is 25.0 Å². The molecule has 0 aromatic heterocycles. The van der Waals surface area contributed by atoms with Gasteiger partial charge in [0.05, 0.1) is 0 Å². The topological polar surface area (TPSA) is 29.1 Å². The van der Waals surface area contributed by atoms with Gasteiger partial charge < -0.3 is 5.32 Å². The van der Waals surface area contributed by atoms with Crippen molar-refractivity contribution in [1.82, 2.24) is 5.32 Å². The first-order chi connectivity index (χ1) is 6.24. The maximum absolute atomic E-state index is 11.3. The smallest absolute Gasteiger partial charge is 0.220 e. The van der Waals surface area contributed by atoms with Gasteiger partial charge in [0, 0.05) is 18.2 Å². The van der Waals surface area contributed by atoms with Gasteiger partial charge in [0.25, 0.3) is 0 Å². The number of thiol groups is 2. The fraction of sp³-hybridized carbons (Fsp3) is 0.889. The molecule has 13 heavy (non-hydrogen) atoms. The molecule has 1 atom stereocenters. The van der Waals surface area contributed by atoms with E-state index >= 15 is 0 Å². The highest BCUT2D eigenvalue weighted by atomic mass is 32.1. The van der Waals surface area contributed by atoms with Gasteiger partial charge in [-0.15, -0.1) is 0 Å². The fourth-order valence-corrected chi connectivity index (χ4v) is 1.55. The average molecular weight is 221 g/mol. The van der Waals surface area contributed by atoms with Gasteiger partial charge in [0.2, 0.25) is 5.91 Å². The number of hydrogen-bond donors (Lipinski definition) is 3. The van der Waals surface area contributed by atoms with E-state index in [1.165, 1.54) is 0 Å². The molecule has 78 valence electrons. The van der Waals surface area contributed by atoms with E-state index in [0.717, 1.165) is 30.8 Å². The van der Waals surface area contributed by atoms with E-state index in [9.17, 15) is 4.79 Å². The first-order valence-corrected chi connectivity index (χ1v) is 6.02. The standard InChI is InChI=1S/C9H19NOS2/c1-2-8(7-13)10-9(11)5-3-4-6-12/h8,12-13H,2-7H2,1H3,(H,10,11). The first-order valence-electron chi connectivity index (χ1n) is 4.75. The van der Waals surface area contributed by atoms with Crippen LogP contribution < -0.4 is 5.32 Å². The summed E-state index contributed by atoms with van der Waals surface area (Å²) in [5.41, 5.74) is 0. The highest BCUT2D eigenvalue weighted by Crippen LogP contribution is 1.99. The molecule has 1 amide bonds. The molecular weight excluding hydrogens is 202 g/mol. The maximum atomic E-state index is 11.3. The molecule has 0 aromatic rings. The van der Waals surface area contributed by atoms with E-state index in [2.05, 4.69) is 37.5 Å². The van der Waals surface area contributed by atoms with Gasteiger partial charge in [-0.1, -0.05) is 6.92 Å². The summed E-state index contributed by atoms with van der Waals surface area (Å²) in [5, 5.41) is 2.93. The quantitative estimate of drug-likeness (QED) is 0.445. The Morgan fingerprint density at radius 2 is 2.08 bits per heavy atom. The Morgan fingerprint density at radius 3 is 2.54 bits per heavy atom. The number of unbranched alkanes of at least 4 members (excludes halogenated alkanes) is 1. The van der Waals surface area contributed by atoms with Crippen molar-refractivity contribution in [3.63, 3.8) is 0 Å². The molecule has 0 spiro atoms. The number of carbonyl (C=O) groups is 1. The highest BCUT2D eigenvalue weighted by molar-refractivity contribution is 7.80. The summed E-state index contributed by atoms with van der Waals surface area (Å²) >= 11 is 8.24. The molecule has 4 heteroatoms. The molecule has 0 saturated heterocycles. The van der Waals surface area contributed by atoms with Crippen LogP contribution in [0.2, 0.25) is 0 Å². The Kier molecular flexibility index (Phi) is 8.87. The van der Waals surface area contributed by atoms with E-state index < -0.39 is 0 Å². The molecular formula is C9H19NOS2. The van der Waals surface area contributed by atoms with Crippen molar-refractivity contribution < 1.29 is 4.79 Å². The summed E-state index contributed by atoms with van der Waals surface area (Å²) in [5.74, 6) is 1.72. The molecule has 0 bridgehead atoms. The number of nitrogens with one attached hydrogen (secondary N) is 1. The van der Waals surface area contributed by atoms with Crippen molar-refractivity contribution in [2.75, 3.05) is 11.5 Å². The van der Waals surface area contributed by atoms with Crippen molar-refractivity contribution >= 4 is 31.2 Å². The summed E-state index contributed by atoms with van der Waals surface area (Å²) in [6, 6.07) is 0.229. The van der Waals surface area contributed by atoms with Gasteiger partial charge in [0.1, 0.15) is 0 Å². The molecule has 0 fully saturated rings. The van der Waals surface area contributed by atoms with Crippen LogP contribution in [0.15, 0.2) is 0 Å². The minimum Gasteiger partial charge on any atom is -0.353 e. The zero-order chi connectivity index (χ0) is 10.1. The SMILES string of the molecule is CCC(CS)NC(=O)CCCCS. The van der Waals surface area contributed by atoms with Crippen LogP contribution in [-0.2, 0) is 4.79 Å². The molecule has 0 aliphatic rings. The molecule has 1 unspecified atom stereocenters. The molecule has 0 aliphatic heterocycles. The average Bonchev–Trinajstić information content (AvgIpc) is 2.14. The molecule has 0 heterocycles. The summed E-state index contributed by atoms with van der Waals surface area (Å²) in [6.07, 6.45) is 3.50. The minimum atomic E-state index is 0.141. The van der Waals surface area contributed by atoms with E-state index in [-0.39, 0.29) is 11.9 Å². The third kappa shape index (κ3) is 7.26. The zero-order valence-corrected chi connectivity index (χ0v) is 9.91. The van der Waals surface area contributed by atoms with E-state index in [1.807, 2.05) is 0 Å². The summed E-state index contributed by atoms with van der Waals surface area (Å²) in [7, 11) is 0.